The van der Waals surface area contributed by atoms with Crippen LogP contribution in [0.1, 0.15) is 5.56 Å². The van der Waals surface area contributed by atoms with Crippen molar-refractivity contribution < 1.29 is 23.0 Å². The van der Waals surface area contributed by atoms with E-state index in [1.54, 1.807) is 42.6 Å². The molecule has 0 aliphatic heterocycles. The number of methoxy groups -OCH3 is 2. The highest BCUT2D eigenvalue weighted by Gasteiger charge is 2.17. The van der Waals surface area contributed by atoms with E-state index in [9.17, 15) is 13.5 Å². The van der Waals surface area contributed by atoms with Crippen LogP contribution in [0.2, 0.25) is 5.02 Å². The van der Waals surface area contributed by atoms with Crippen LogP contribution in [0.15, 0.2) is 75.9 Å². The van der Waals surface area contributed by atoms with Crippen LogP contribution in [0.5, 0.6) is 17.2 Å². The van der Waals surface area contributed by atoms with Crippen LogP contribution >= 0.6 is 22.9 Å². The molecule has 0 saturated carbocycles. The van der Waals surface area contributed by atoms with E-state index in [2.05, 4.69) is 14.7 Å². The minimum Gasteiger partial charge on any atom is -0.504 e. The number of aromatic nitrogens is 1. The van der Waals surface area contributed by atoms with Crippen LogP contribution in [0.4, 0.5) is 10.8 Å². The second-order valence-electron chi connectivity index (χ2n) is 7.18. The predicted octanol–water partition coefficient (Wildman–Crippen LogP) is 5.74. The van der Waals surface area contributed by atoms with Gasteiger partial charge in [0.15, 0.2) is 11.5 Å². The van der Waals surface area contributed by atoms with Crippen LogP contribution < -0.4 is 14.2 Å². The molecule has 0 aliphatic carbocycles. The Balaban J connectivity index is 1.47. The maximum atomic E-state index is 12.7. The van der Waals surface area contributed by atoms with E-state index >= 15 is 0 Å². The van der Waals surface area contributed by atoms with Gasteiger partial charge in [-0.1, -0.05) is 23.7 Å². The normalized spacial score (nSPS) is 11.5. The summed E-state index contributed by atoms with van der Waals surface area (Å²) in [6.45, 7) is 0. The Morgan fingerprint density at radius 1 is 1.03 bits per heavy atom. The molecule has 2 N–H and O–H groups in total. The van der Waals surface area contributed by atoms with Crippen molar-refractivity contribution in [2.45, 2.75) is 4.90 Å². The van der Waals surface area contributed by atoms with Gasteiger partial charge in [-0.25, -0.2) is 18.4 Å². The zero-order valence-corrected chi connectivity index (χ0v) is 21.0. The Kier molecular flexibility index (Phi) is 7.25. The first kappa shape index (κ1) is 24.5. The quantitative estimate of drug-likeness (QED) is 0.282. The number of phenols is 1. The largest absolute Gasteiger partial charge is 0.504 e. The topological polar surface area (TPSA) is 110 Å². The van der Waals surface area contributed by atoms with Crippen LogP contribution in [0, 0.1) is 0 Å². The molecule has 3 aromatic carbocycles. The zero-order valence-electron chi connectivity index (χ0n) is 18.6. The molecule has 0 amide bonds. The van der Waals surface area contributed by atoms with E-state index in [1.807, 2.05) is 5.38 Å². The highest BCUT2D eigenvalue weighted by atomic mass is 35.5. The lowest BCUT2D eigenvalue weighted by atomic mass is 10.1. The highest BCUT2D eigenvalue weighted by Crippen LogP contribution is 2.30. The third-order valence-electron chi connectivity index (χ3n) is 4.89. The number of sulfonamides is 1. The predicted molar refractivity (Wildman–Crippen MR) is 138 cm³/mol. The fourth-order valence-electron chi connectivity index (χ4n) is 3.09. The number of nitrogens with zero attached hydrogens (tertiary/aromatic N) is 2. The Labute approximate surface area is 211 Å². The molecule has 0 unspecified atom stereocenters. The Bertz CT molecular complexity index is 1490. The first-order chi connectivity index (χ1) is 16.8. The number of hydrogen-bond donors (Lipinski definition) is 2. The standard InChI is InChI=1S/C24H20ClN3O5S2/c1-32-22-12-18(8-9-19(22)25)35(30,31)28-17-6-4-16(5-7-17)20-14-34-24(27-20)26-13-15-3-10-21(29)23(11-15)33-2/h3-14,28-29H,1-2H3. The lowest BCUT2D eigenvalue weighted by Gasteiger charge is -2.10. The second-order valence-corrected chi connectivity index (χ2v) is 10.1. The molecule has 1 aromatic heterocycles. The Morgan fingerprint density at radius 3 is 2.49 bits per heavy atom. The average Bonchev–Trinajstić information content (AvgIpc) is 3.33. The number of ether oxygens (including phenoxy) is 2. The van der Waals surface area contributed by atoms with Gasteiger partial charge >= 0.3 is 0 Å². The van der Waals surface area contributed by atoms with Crippen molar-refractivity contribution in [2.24, 2.45) is 4.99 Å². The third kappa shape index (κ3) is 5.73. The molecular weight excluding hydrogens is 510 g/mol. The van der Waals surface area contributed by atoms with E-state index in [0.717, 1.165) is 11.1 Å². The minimum absolute atomic E-state index is 0.0380. The summed E-state index contributed by atoms with van der Waals surface area (Å²) in [4.78, 5) is 8.93. The Hall–Kier alpha value is -3.60. The molecule has 0 spiro atoms. The first-order valence-electron chi connectivity index (χ1n) is 10.1. The van der Waals surface area contributed by atoms with Crippen molar-refractivity contribution in [1.29, 1.82) is 0 Å². The number of anilines is 1. The molecule has 8 nitrogen and oxygen atoms in total. The van der Waals surface area contributed by atoms with Gasteiger partial charge in [-0.2, -0.15) is 0 Å². The molecule has 0 fully saturated rings. The summed E-state index contributed by atoms with van der Waals surface area (Å²) in [5.41, 5.74) is 2.68. The van der Waals surface area contributed by atoms with E-state index in [1.165, 1.54) is 49.8 Å². The smallest absolute Gasteiger partial charge is 0.262 e. The molecular formula is C24H20ClN3O5S2. The third-order valence-corrected chi connectivity index (χ3v) is 7.33. The van der Waals surface area contributed by atoms with Gasteiger partial charge in [0.2, 0.25) is 5.13 Å². The molecule has 0 bridgehead atoms. The number of nitrogens with one attached hydrogen (secondary N) is 1. The monoisotopic (exact) mass is 529 g/mol. The summed E-state index contributed by atoms with van der Waals surface area (Å²) in [6.07, 6.45) is 1.63. The van der Waals surface area contributed by atoms with E-state index in [0.29, 0.717) is 27.3 Å². The highest BCUT2D eigenvalue weighted by molar-refractivity contribution is 7.92. The fraction of sp³-hybridized carbons (Fsp3) is 0.0833. The molecule has 0 atom stereocenters. The van der Waals surface area contributed by atoms with Gasteiger partial charge in [0.1, 0.15) is 5.75 Å². The van der Waals surface area contributed by atoms with Crippen molar-refractivity contribution in [3.8, 4) is 28.5 Å². The van der Waals surface area contributed by atoms with E-state index in [4.69, 9.17) is 21.1 Å². The van der Waals surface area contributed by atoms with Gasteiger partial charge in [-0.3, -0.25) is 4.72 Å². The summed E-state index contributed by atoms with van der Waals surface area (Å²) >= 11 is 7.35. The number of phenolic OH excluding ortho intramolecular Hbond substituents is 1. The van der Waals surface area contributed by atoms with Crippen molar-refractivity contribution in [3.63, 3.8) is 0 Å². The summed E-state index contributed by atoms with van der Waals surface area (Å²) in [6, 6.07) is 16.0. The number of hydrogen-bond acceptors (Lipinski definition) is 8. The number of aliphatic imine (C=N–C) groups is 1. The molecule has 0 saturated heterocycles. The van der Waals surface area contributed by atoms with Crippen LogP contribution in [-0.4, -0.2) is 38.9 Å². The molecule has 180 valence electrons. The molecule has 11 heteroatoms. The summed E-state index contributed by atoms with van der Waals surface area (Å²) in [5.74, 6) is 0.691. The lowest BCUT2D eigenvalue weighted by Crippen LogP contribution is -2.13. The van der Waals surface area contributed by atoms with Crippen molar-refractivity contribution in [3.05, 3.63) is 76.6 Å². The van der Waals surface area contributed by atoms with Crippen LogP contribution in [0.3, 0.4) is 0 Å². The van der Waals surface area contributed by atoms with E-state index < -0.39 is 10.0 Å². The van der Waals surface area contributed by atoms with Gasteiger partial charge in [0.05, 0.1) is 29.8 Å². The van der Waals surface area contributed by atoms with Gasteiger partial charge in [0, 0.05) is 28.9 Å². The molecule has 35 heavy (non-hydrogen) atoms. The molecule has 0 radical (unpaired) electrons. The number of aromatic hydroxyl groups is 1. The summed E-state index contributed by atoms with van der Waals surface area (Å²) < 4.78 is 38.2. The van der Waals surface area contributed by atoms with Gasteiger partial charge < -0.3 is 14.6 Å². The zero-order chi connectivity index (χ0) is 25.0. The number of rotatable bonds is 8. The average molecular weight is 530 g/mol. The fourth-order valence-corrected chi connectivity index (χ4v) is 5.03. The van der Waals surface area contributed by atoms with Gasteiger partial charge in [0.25, 0.3) is 10.0 Å². The first-order valence-corrected chi connectivity index (χ1v) is 12.9. The van der Waals surface area contributed by atoms with Crippen molar-refractivity contribution >= 4 is 50.0 Å². The molecule has 0 aliphatic rings. The van der Waals surface area contributed by atoms with Crippen molar-refractivity contribution in [1.82, 2.24) is 4.98 Å². The lowest BCUT2D eigenvalue weighted by molar-refractivity contribution is 0.373. The van der Waals surface area contributed by atoms with Crippen LogP contribution in [-0.2, 0) is 10.0 Å². The van der Waals surface area contributed by atoms with Crippen molar-refractivity contribution in [2.75, 3.05) is 18.9 Å². The molecule has 1 heterocycles. The number of benzene rings is 3. The maximum absolute atomic E-state index is 12.7. The van der Waals surface area contributed by atoms with Gasteiger partial charge in [-0.05, 0) is 48.0 Å². The minimum atomic E-state index is -3.82. The Morgan fingerprint density at radius 2 is 1.77 bits per heavy atom. The summed E-state index contributed by atoms with van der Waals surface area (Å²) in [7, 11) is -0.923. The van der Waals surface area contributed by atoms with Crippen LogP contribution in [0.25, 0.3) is 11.3 Å². The second kappa shape index (κ2) is 10.3. The van der Waals surface area contributed by atoms with E-state index in [-0.39, 0.29) is 16.4 Å². The number of thiazole rings is 1. The van der Waals surface area contributed by atoms with Gasteiger partial charge in [-0.15, -0.1) is 11.3 Å². The maximum Gasteiger partial charge on any atom is 0.262 e. The number of halogens is 1. The summed E-state index contributed by atoms with van der Waals surface area (Å²) in [5, 5.41) is 12.4. The SMILES string of the molecule is COc1cc(C=Nc2nc(-c3ccc(NS(=O)(=O)c4ccc(Cl)c(OC)c4)cc3)cs2)ccc1O. The molecule has 4 rings (SSSR count). The molecule has 4 aromatic rings.